The van der Waals surface area contributed by atoms with Gasteiger partial charge in [0.05, 0.1) is 47.8 Å². The standard InChI is InChI=1S/C49H48O8.C2H6/c1-51-43-20-16-41(17-21-43)49(40-11-5-4-6-12-40,42-18-22-44(52-2)23-19-42)57-33-38-15-25-46-45-24-14-37(28-39(45)34-56-47(46)29-38)32-55-31-36-10-7-9-35(27-36)30-54-26-8-13-48(50)53-3;1-2/h4-7,9-12,14-25,27-29H,8,13,26,30-34H2,1-3H3;1-2H3. The predicted octanol–water partition coefficient (Wildman–Crippen LogP) is 11.0. The van der Waals surface area contributed by atoms with E-state index >= 15 is 0 Å². The Morgan fingerprint density at radius 1 is 0.576 bits per heavy atom. The van der Waals surface area contributed by atoms with Crippen LogP contribution in [-0.2, 0) is 62.4 Å². The highest BCUT2D eigenvalue weighted by molar-refractivity contribution is 5.75. The van der Waals surface area contributed by atoms with E-state index in [1.165, 1.54) is 7.11 Å². The van der Waals surface area contributed by atoms with Crippen molar-refractivity contribution in [3.8, 4) is 28.4 Å². The van der Waals surface area contributed by atoms with E-state index in [9.17, 15) is 4.79 Å². The van der Waals surface area contributed by atoms with Gasteiger partial charge in [0.15, 0.2) is 0 Å². The molecule has 6 aromatic rings. The molecule has 0 amide bonds. The molecular formula is C51H54O8. The Morgan fingerprint density at radius 2 is 1.14 bits per heavy atom. The molecule has 0 spiro atoms. The molecule has 8 nitrogen and oxygen atoms in total. The molecule has 0 N–H and O–H groups in total. The average Bonchev–Trinajstić information content (AvgIpc) is 3.30. The van der Waals surface area contributed by atoms with Crippen LogP contribution < -0.4 is 14.2 Å². The zero-order valence-corrected chi connectivity index (χ0v) is 34.7. The molecule has 306 valence electrons. The molecule has 1 aliphatic rings. The van der Waals surface area contributed by atoms with Gasteiger partial charge in [-0.2, -0.15) is 0 Å². The van der Waals surface area contributed by atoms with E-state index in [2.05, 4.69) is 89.7 Å². The van der Waals surface area contributed by atoms with Crippen molar-refractivity contribution in [1.29, 1.82) is 0 Å². The maximum Gasteiger partial charge on any atom is 0.305 e. The molecule has 0 unspecified atom stereocenters. The van der Waals surface area contributed by atoms with Gasteiger partial charge in [0.2, 0.25) is 0 Å². The van der Waals surface area contributed by atoms with Crippen LogP contribution in [0, 0.1) is 0 Å². The Morgan fingerprint density at radius 3 is 1.75 bits per heavy atom. The predicted molar refractivity (Wildman–Crippen MR) is 230 cm³/mol. The first-order valence-electron chi connectivity index (χ1n) is 20.2. The van der Waals surface area contributed by atoms with E-state index in [1.54, 1.807) is 14.2 Å². The molecule has 0 aliphatic carbocycles. The van der Waals surface area contributed by atoms with Crippen LogP contribution in [0.2, 0.25) is 0 Å². The Bertz CT molecular complexity index is 2180. The first-order valence-corrected chi connectivity index (χ1v) is 20.2. The van der Waals surface area contributed by atoms with Gasteiger partial charge in [-0.3, -0.25) is 4.79 Å². The number of hydrogen-bond donors (Lipinski definition) is 0. The molecule has 0 aromatic heterocycles. The van der Waals surface area contributed by atoms with Gasteiger partial charge in [0.25, 0.3) is 0 Å². The zero-order chi connectivity index (χ0) is 41.5. The van der Waals surface area contributed by atoms with E-state index in [1.807, 2.05) is 68.4 Å². The van der Waals surface area contributed by atoms with Gasteiger partial charge in [-0.1, -0.05) is 117 Å². The second-order valence-electron chi connectivity index (χ2n) is 13.9. The molecule has 7 rings (SSSR count). The van der Waals surface area contributed by atoms with Crippen LogP contribution in [0.3, 0.4) is 0 Å². The van der Waals surface area contributed by atoms with Gasteiger partial charge in [0, 0.05) is 18.6 Å². The lowest BCUT2D eigenvalue weighted by Crippen LogP contribution is -2.32. The van der Waals surface area contributed by atoms with Crippen molar-refractivity contribution in [2.75, 3.05) is 27.9 Å². The summed E-state index contributed by atoms with van der Waals surface area (Å²) in [5, 5.41) is 0. The molecule has 0 atom stereocenters. The number of rotatable bonds is 18. The highest BCUT2D eigenvalue weighted by Crippen LogP contribution is 2.43. The summed E-state index contributed by atoms with van der Waals surface area (Å²) in [6.07, 6.45) is 0.994. The van der Waals surface area contributed by atoms with Gasteiger partial charge in [-0.15, -0.1) is 0 Å². The Hall–Kier alpha value is -5.93. The van der Waals surface area contributed by atoms with Crippen molar-refractivity contribution in [2.24, 2.45) is 0 Å². The first-order chi connectivity index (χ1) is 29.0. The summed E-state index contributed by atoms with van der Waals surface area (Å²) in [7, 11) is 4.74. The molecule has 0 fully saturated rings. The molecule has 8 heteroatoms. The lowest BCUT2D eigenvalue weighted by Gasteiger charge is -2.36. The smallest absolute Gasteiger partial charge is 0.305 e. The fourth-order valence-corrected chi connectivity index (χ4v) is 7.25. The maximum atomic E-state index is 11.3. The van der Waals surface area contributed by atoms with Crippen LogP contribution in [0.15, 0.2) is 140 Å². The molecule has 0 bridgehead atoms. The largest absolute Gasteiger partial charge is 0.497 e. The lowest BCUT2D eigenvalue weighted by atomic mass is 9.80. The third-order valence-electron chi connectivity index (χ3n) is 10.2. The lowest BCUT2D eigenvalue weighted by molar-refractivity contribution is -0.141. The Balaban J connectivity index is 0.00000288. The van der Waals surface area contributed by atoms with E-state index in [-0.39, 0.29) is 5.97 Å². The number of methoxy groups -OCH3 is 3. The van der Waals surface area contributed by atoms with Gasteiger partial charge in [-0.25, -0.2) is 0 Å². The zero-order valence-electron chi connectivity index (χ0n) is 34.7. The van der Waals surface area contributed by atoms with Crippen LogP contribution in [0.25, 0.3) is 11.1 Å². The molecule has 59 heavy (non-hydrogen) atoms. The average molecular weight is 795 g/mol. The van der Waals surface area contributed by atoms with Crippen molar-refractivity contribution in [2.45, 2.75) is 65.3 Å². The molecule has 0 radical (unpaired) electrons. The van der Waals surface area contributed by atoms with E-state index < -0.39 is 5.60 Å². The molecule has 0 saturated carbocycles. The fraction of sp³-hybridized carbons (Fsp3) is 0.275. The van der Waals surface area contributed by atoms with E-state index in [0.29, 0.717) is 52.5 Å². The van der Waals surface area contributed by atoms with Crippen LogP contribution in [0.4, 0.5) is 0 Å². The highest BCUT2D eigenvalue weighted by atomic mass is 16.5. The quantitative estimate of drug-likeness (QED) is 0.0483. The summed E-state index contributed by atoms with van der Waals surface area (Å²) in [6, 6.07) is 47.4. The molecular weight excluding hydrogens is 741 g/mol. The summed E-state index contributed by atoms with van der Waals surface area (Å²) in [5.74, 6) is 2.16. The van der Waals surface area contributed by atoms with Crippen LogP contribution >= 0.6 is 0 Å². The first kappa shape index (κ1) is 42.7. The van der Waals surface area contributed by atoms with Crippen LogP contribution in [0.1, 0.15) is 71.2 Å². The number of carbonyl (C=O) groups is 1. The topological polar surface area (TPSA) is 81.7 Å². The number of benzene rings is 6. The third-order valence-corrected chi connectivity index (χ3v) is 10.2. The summed E-state index contributed by atoms with van der Waals surface area (Å²) in [4.78, 5) is 11.3. The second-order valence-corrected chi connectivity index (χ2v) is 13.9. The minimum Gasteiger partial charge on any atom is -0.497 e. The highest BCUT2D eigenvalue weighted by Gasteiger charge is 2.38. The van der Waals surface area contributed by atoms with Crippen molar-refractivity contribution in [3.63, 3.8) is 0 Å². The minimum atomic E-state index is -0.924. The van der Waals surface area contributed by atoms with Gasteiger partial charge >= 0.3 is 5.97 Å². The normalized spacial score (nSPS) is 11.6. The number of esters is 1. The SMILES string of the molecule is CC.COC(=O)CCCOCc1cccc(COCc2ccc3c(c2)COc2cc(COC(c4ccccc4)(c4ccc(OC)cc4)c4ccc(OC)cc4)ccc2-3)c1. The molecule has 6 aromatic carbocycles. The van der Waals surface area contributed by atoms with Crippen LogP contribution in [-0.4, -0.2) is 33.9 Å². The van der Waals surface area contributed by atoms with Gasteiger partial charge < -0.3 is 33.2 Å². The maximum absolute atomic E-state index is 11.3. The van der Waals surface area contributed by atoms with E-state index in [4.69, 9.17) is 28.4 Å². The van der Waals surface area contributed by atoms with Gasteiger partial charge in [0.1, 0.15) is 29.5 Å². The minimum absolute atomic E-state index is 0.218. The summed E-state index contributed by atoms with van der Waals surface area (Å²) >= 11 is 0. The fourth-order valence-electron chi connectivity index (χ4n) is 7.25. The summed E-state index contributed by atoms with van der Waals surface area (Å²) in [5.41, 5.74) is 9.60. The molecule has 1 heterocycles. The van der Waals surface area contributed by atoms with Crippen LogP contribution in [0.5, 0.6) is 17.2 Å². The third kappa shape index (κ3) is 10.6. The van der Waals surface area contributed by atoms with Crippen molar-refractivity contribution < 1.29 is 38.0 Å². The van der Waals surface area contributed by atoms with Gasteiger partial charge in [-0.05, 0) is 92.9 Å². The Labute approximate surface area is 348 Å². The Kier molecular flexibility index (Phi) is 15.3. The number of hydrogen-bond acceptors (Lipinski definition) is 8. The summed E-state index contributed by atoms with van der Waals surface area (Å²) < 4.78 is 41.1. The number of fused-ring (bicyclic) bond motifs is 3. The summed E-state index contributed by atoms with van der Waals surface area (Å²) in [6.45, 7) is 6.76. The van der Waals surface area contributed by atoms with Crippen molar-refractivity contribution >= 4 is 5.97 Å². The molecule has 1 aliphatic heterocycles. The second kappa shape index (κ2) is 21.2. The number of carbonyl (C=O) groups excluding carboxylic acids is 1. The van der Waals surface area contributed by atoms with Crippen molar-refractivity contribution in [3.05, 3.63) is 184 Å². The van der Waals surface area contributed by atoms with Crippen molar-refractivity contribution in [1.82, 2.24) is 0 Å². The molecule has 0 saturated heterocycles. The number of ether oxygens (including phenoxy) is 7. The van der Waals surface area contributed by atoms with E-state index in [0.717, 1.165) is 72.9 Å². The monoisotopic (exact) mass is 794 g/mol.